The molecule has 29 heavy (non-hydrogen) atoms. The molecule has 1 saturated carbocycles. The van der Waals surface area contributed by atoms with Crippen LogP contribution in [0, 0.1) is 0 Å². The normalized spacial score (nSPS) is 16.2. The molecule has 156 valence electrons. The van der Waals surface area contributed by atoms with E-state index in [2.05, 4.69) is 15.0 Å². The number of nitrogens with one attached hydrogen (secondary N) is 2. The van der Waals surface area contributed by atoms with Gasteiger partial charge in [0, 0.05) is 12.2 Å². The molecule has 3 rings (SSSR count). The maximum atomic E-state index is 12.4. The fourth-order valence-corrected chi connectivity index (χ4v) is 4.27. The molecule has 1 atom stereocenters. The van der Waals surface area contributed by atoms with Crippen LogP contribution in [0.5, 0.6) is 5.75 Å². The van der Waals surface area contributed by atoms with Gasteiger partial charge < -0.3 is 10.1 Å². The van der Waals surface area contributed by atoms with E-state index in [0.717, 1.165) is 25.7 Å². The summed E-state index contributed by atoms with van der Waals surface area (Å²) < 4.78 is 33.0. The molecule has 0 bridgehead atoms. The van der Waals surface area contributed by atoms with Crippen LogP contribution in [-0.4, -0.2) is 31.5 Å². The first kappa shape index (κ1) is 21.3. The van der Waals surface area contributed by atoms with E-state index >= 15 is 0 Å². The molecule has 1 aliphatic rings. The number of sulfonamides is 1. The molecule has 0 saturated heterocycles. The van der Waals surface area contributed by atoms with Gasteiger partial charge in [-0.25, -0.2) is 13.1 Å². The van der Waals surface area contributed by atoms with Crippen LogP contribution in [0.3, 0.4) is 0 Å². The molecule has 1 heterocycles. The van der Waals surface area contributed by atoms with E-state index in [9.17, 15) is 13.2 Å². The largest absolute Gasteiger partial charge is 0.481 e. The Bertz CT molecular complexity index is 895. The fraction of sp³-hybridized carbons (Fsp3) is 0.429. The van der Waals surface area contributed by atoms with Gasteiger partial charge in [-0.1, -0.05) is 25.3 Å². The third kappa shape index (κ3) is 6.27. The summed E-state index contributed by atoms with van der Waals surface area (Å²) in [6, 6.07) is 11.6. The summed E-state index contributed by atoms with van der Waals surface area (Å²) in [5, 5.41) is 3.03. The summed E-state index contributed by atoms with van der Waals surface area (Å²) in [7, 11) is -3.66. The molecule has 1 fully saturated rings. The summed E-state index contributed by atoms with van der Waals surface area (Å²) in [6.07, 6.45) is 6.50. The van der Waals surface area contributed by atoms with Gasteiger partial charge in [0.05, 0.1) is 17.1 Å². The summed E-state index contributed by atoms with van der Waals surface area (Å²) in [5.74, 6) is 0.297. The number of ether oxygens (including phenoxy) is 1. The molecule has 2 N–H and O–H groups in total. The highest BCUT2D eigenvalue weighted by Crippen LogP contribution is 2.19. The molecule has 1 aliphatic carbocycles. The lowest BCUT2D eigenvalue weighted by Crippen LogP contribution is -2.43. The summed E-state index contributed by atoms with van der Waals surface area (Å²) in [4.78, 5) is 16.5. The molecular formula is C21H27N3O4S. The molecule has 1 aromatic heterocycles. The van der Waals surface area contributed by atoms with Gasteiger partial charge in [-0.15, -0.1) is 0 Å². The predicted molar refractivity (Wildman–Crippen MR) is 110 cm³/mol. The van der Waals surface area contributed by atoms with Crippen molar-refractivity contribution in [3.8, 4) is 5.75 Å². The first-order chi connectivity index (χ1) is 13.9. The van der Waals surface area contributed by atoms with E-state index in [4.69, 9.17) is 4.74 Å². The Morgan fingerprint density at radius 3 is 2.52 bits per heavy atom. The van der Waals surface area contributed by atoms with Crippen molar-refractivity contribution in [3.63, 3.8) is 0 Å². The Balaban J connectivity index is 1.54. The number of pyridine rings is 1. The van der Waals surface area contributed by atoms with Crippen LogP contribution in [0.4, 0.5) is 0 Å². The van der Waals surface area contributed by atoms with Crippen LogP contribution >= 0.6 is 0 Å². The molecule has 1 unspecified atom stereocenters. The Labute approximate surface area is 171 Å². The summed E-state index contributed by atoms with van der Waals surface area (Å²) >= 11 is 0. The van der Waals surface area contributed by atoms with Crippen LogP contribution in [0.2, 0.25) is 0 Å². The van der Waals surface area contributed by atoms with E-state index in [1.165, 1.54) is 18.6 Å². The number of aromatic nitrogens is 1. The molecule has 7 nitrogen and oxygen atoms in total. The number of nitrogens with zero attached hydrogens (tertiary/aromatic N) is 1. The number of benzene rings is 1. The first-order valence-corrected chi connectivity index (χ1v) is 11.4. The molecular weight excluding hydrogens is 390 g/mol. The number of hydrogen-bond acceptors (Lipinski definition) is 5. The van der Waals surface area contributed by atoms with Crippen molar-refractivity contribution in [3.05, 3.63) is 54.4 Å². The third-order valence-electron chi connectivity index (χ3n) is 4.94. The number of carbonyl (C=O) groups is 1. The minimum atomic E-state index is -3.66. The van der Waals surface area contributed by atoms with Crippen molar-refractivity contribution in [2.45, 2.75) is 62.6 Å². The highest BCUT2D eigenvalue weighted by Gasteiger charge is 2.21. The van der Waals surface area contributed by atoms with Gasteiger partial charge in [0.25, 0.3) is 5.91 Å². The van der Waals surface area contributed by atoms with Gasteiger partial charge >= 0.3 is 0 Å². The van der Waals surface area contributed by atoms with Gasteiger partial charge in [0.15, 0.2) is 6.10 Å². The second kappa shape index (κ2) is 9.84. The standard InChI is InChI=1S/C21H27N3O4S/c1-16(21(25)24-17-7-3-2-4-8-17)28-19-10-12-20(13-11-19)29(26,27)23-15-18-9-5-6-14-22-18/h5-6,9-14,16-17,23H,2-4,7-8,15H2,1H3,(H,24,25). The van der Waals surface area contributed by atoms with Crippen molar-refractivity contribution >= 4 is 15.9 Å². The number of rotatable bonds is 8. The fourth-order valence-electron chi connectivity index (χ4n) is 3.28. The van der Waals surface area contributed by atoms with E-state index in [1.54, 1.807) is 43.5 Å². The van der Waals surface area contributed by atoms with Crippen molar-refractivity contribution in [2.24, 2.45) is 0 Å². The van der Waals surface area contributed by atoms with Crippen molar-refractivity contribution < 1.29 is 17.9 Å². The van der Waals surface area contributed by atoms with Crippen LogP contribution in [0.15, 0.2) is 53.6 Å². The zero-order valence-corrected chi connectivity index (χ0v) is 17.3. The van der Waals surface area contributed by atoms with Gasteiger partial charge in [-0.3, -0.25) is 9.78 Å². The molecule has 1 amide bonds. The minimum Gasteiger partial charge on any atom is -0.481 e. The SMILES string of the molecule is CC(Oc1ccc(S(=O)(=O)NCc2ccccn2)cc1)C(=O)NC1CCCCC1. The van der Waals surface area contributed by atoms with Gasteiger partial charge in [0.1, 0.15) is 5.75 Å². The lowest BCUT2D eigenvalue weighted by molar-refractivity contribution is -0.128. The van der Waals surface area contributed by atoms with E-state index in [0.29, 0.717) is 11.4 Å². The number of carbonyl (C=O) groups excluding carboxylic acids is 1. The monoisotopic (exact) mass is 417 g/mol. The average molecular weight is 418 g/mol. The van der Waals surface area contributed by atoms with E-state index in [1.807, 2.05) is 0 Å². The van der Waals surface area contributed by atoms with E-state index < -0.39 is 16.1 Å². The summed E-state index contributed by atoms with van der Waals surface area (Å²) in [5.41, 5.74) is 0.633. The molecule has 0 spiro atoms. The minimum absolute atomic E-state index is 0.111. The predicted octanol–water partition coefficient (Wildman–Crippen LogP) is 2.78. The average Bonchev–Trinajstić information content (AvgIpc) is 2.74. The van der Waals surface area contributed by atoms with Gasteiger partial charge in [-0.05, 0) is 56.2 Å². The molecule has 1 aromatic carbocycles. The molecule has 8 heteroatoms. The van der Waals surface area contributed by atoms with E-state index in [-0.39, 0.29) is 23.4 Å². The third-order valence-corrected chi connectivity index (χ3v) is 6.35. The lowest BCUT2D eigenvalue weighted by atomic mass is 9.95. The van der Waals surface area contributed by atoms with Crippen LogP contribution in [0.1, 0.15) is 44.7 Å². The number of hydrogen-bond donors (Lipinski definition) is 2. The second-order valence-electron chi connectivity index (χ2n) is 7.22. The quantitative estimate of drug-likeness (QED) is 0.688. The molecule has 0 radical (unpaired) electrons. The Morgan fingerprint density at radius 2 is 1.86 bits per heavy atom. The highest BCUT2D eigenvalue weighted by atomic mass is 32.2. The van der Waals surface area contributed by atoms with Crippen molar-refractivity contribution in [1.29, 1.82) is 0 Å². The van der Waals surface area contributed by atoms with Crippen LogP contribution in [0.25, 0.3) is 0 Å². The maximum absolute atomic E-state index is 12.4. The first-order valence-electron chi connectivity index (χ1n) is 9.91. The van der Waals surface area contributed by atoms with Crippen LogP contribution < -0.4 is 14.8 Å². The summed E-state index contributed by atoms with van der Waals surface area (Å²) in [6.45, 7) is 1.80. The zero-order chi connectivity index (χ0) is 20.7. The lowest BCUT2D eigenvalue weighted by Gasteiger charge is -2.24. The van der Waals surface area contributed by atoms with Crippen molar-refractivity contribution in [2.75, 3.05) is 0 Å². The van der Waals surface area contributed by atoms with Gasteiger partial charge in [0.2, 0.25) is 10.0 Å². The number of amides is 1. The van der Waals surface area contributed by atoms with Crippen molar-refractivity contribution in [1.82, 2.24) is 15.0 Å². The topological polar surface area (TPSA) is 97.4 Å². The Morgan fingerprint density at radius 1 is 1.14 bits per heavy atom. The zero-order valence-electron chi connectivity index (χ0n) is 16.5. The molecule has 2 aromatic rings. The maximum Gasteiger partial charge on any atom is 0.260 e. The van der Waals surface area contributed by atoms with Gasteiger partial charge in [-0.2, -0.15) is 0 Å². The second-order valence-corrected chi connectivity index (χ2v) is 8.99. The highest BCUT2D eigenvalue weighted by molar-refractivity contribution is 7.89. The molecule has 0 aliphatic heterocycles. The van der Waals surface area contributed by atoms with Crippen LogP contribution in [-0.2, 0) is 21.4 Å². The Hall–Kier alpha value is -2.45. The Kier molecular flexibility index (Phi) is 7.22. The smallest absolute Gasteiger partial charge is 0.260 e.